The highest BCUT2D eigenvalue weighted by Crippen LogP contribution is 2.30. The molecule has 26 heavy (non-hydrogen) atoms. The molecule has 142 valence electrons. The molecular formula is C21H32N4O. The molecule has 0 radical (unpaired) electrons. The summed E-state index contributed by atoms with van der Waals surface area (Å²) in [7, 11) is 0. The Morgan fingerprint density at radius 3 is 2.81 bits per heavy atom. The van der Waals surface area contributed by atoms with E-state index in [4.69, 9.17) is 0 Å². The fraction of sp³-hybridized carbons (Fsp3) is 0.667. The van der Waals surface area contributed by atoms with Gasteiger partial charge in [0.25, 0.3) is 0 Å². The Morgan fingerprint density at radius 1 is 1.15 bits per heavy atom. The zero-order chi connectivity index (χ0) is 17.9. The molecule has 4 aliphatic rings. The van der Waals surface area contributed by atoms with Gasteiger partial charge in [-0.2, -0.15) is 0 Å². The van der Waals surface area contributed by atoms with Crippen LogP contribution in [0, 0.1) is 11.8 Å². The summed E-state index contributed by atoms with van der Waals surface area (Å²) in [6.07, 6.45) is 4.66. The van der Waals surface area contributed by atoms with E-state index < -0.39 is 0 Å². The van der Waals surface area contributed by atoms with Gasteiger partial charge in [0.2, 0.25) is 5.91 Å². The lowest BCUT2D eigenvalue weighted by molar-refractivity contribution is -0.135. The predicted octanol–water partition coefficient (Wildman–Crippen LogP) is 2.00. The molecule has 0 saturated carbocycles. The number of carbonyl (C=O) groups is 1. The largest absolute Gasteiger partial charge is 0.340 e. The van der Waals surface area contributed by atoms with Gasteiger partial charge in [0.05, 0.1) is 5.92 Å². The van der Waals surface area contributed by atoms with E-state index in [2.05, 4.69) is 57.9 Å². The van der Waals surface area contributed by atoms with Crippen LogP contribution in [0.1, 0.15) is 38.2 Å². The molecule has 0 aliphatic carbocycles. The molecule has 2 unspecified atom stereocenters. The molecule has 5 heteroatoms. The summed E-state index contributed by atoms with van der Waals surface area (Å²) in [5.41, 5.74) is 7.91. The number of amides is 1. The minimum Gasteiger partial charge on any atom is -0.340 e. The molecule has 5 nitrogen and oxygen atoms in total. The van der Waals surface area contributed by atoms with Gasteiger partial charge in [-0.3, -0.25) is 20.5 Å². The van der Waals surface area contributed by atoms with Crippen molar-refractivity contribution in [1.82, 2.24) is 20.7 Å². The smallest absolute Gasteiger partial charge is 0.228 e. The van der Waals surface area contributed by atoms with Crippen LogP contribution in [0.3, 0.4) is 0 Å². The zero-order valence-corrected chi connectivity index (χ0v) is 15.9. The molecule has 4 fully saturated rings. The van der Waals surface area contributed by atoms with Crippen LogP contribution < -0.4 is 10.9 Å². The first-order valence-electron chi connectivity index (χ1n) is 10.3. The van der Waals surface area contributed by atoms with Crippen molar-refractivity contribution in [2.45, 2.75) is 51.2 Å². The topological polar surface area (TPSA) is 47.6 Å². The van der Waals surface area contributed by atoms with Crippen LogP contribution in [0.5, 0.6) is 0 Å². The molecule has 0 spiro atoms. The first-order chi connectivity index (χ1) is 12.7. The second-order valence-electron chi connectivity index (χ2n) is 8.28. The Balaban J connectivity index is 1.43. The molecule has 1 aromatic rings. The number of benzene rings is 1. The van der Waals surface area contributed by atoms with Crippen molar-refractivity contribution in [3.63, 3.8) is 0 Å². The normalized spacial score (nSPS) is 32.0. The Hall–Kier alpha value is -1.43. The number of hydrogen-bond acceptors (Lipinski definition) is 4. The van der Waals surface area contributed by atoms with Gasteiger partial charge in [0.15, 0.2) is 0 Å². The summed E-state index contributed by atoms with van der Waals surface area (Å²) in [5.74, 6) is 1.07. The maximum Gasteiger partial charge on any atom is 0.228 e. The maximum absolute atomic E-state index is 13.2. The first-order valence-corrected chi connectivity index (χ1v) is 10.3. The van der Waals surface area contributed by atoms with E-state index in [0.29, 0.717) is 17.9 Å². The van der Waals surface area contributed by atoms with Gasteiger partial charge in [0, 0.05) is 44.8 Å². The summed E-state index contributed by atoms with van der Waals surface area (Å²) in [4.78, 5) is 18.1. The molecule has 5 rings (SSSR count). The predicted molar refractivity (Wildman–Crippen MR) is 103 cm³/mol. The van der Waals surface area contributed by atoms with Crippen LogP contribution in [0.25, 0.3) is 0 Å². The van der Waals surface area contributed by atoms with Crippen molar-refractivity contribution >= 4 is 5.91 Å². The number of nitrogens with one attached hydrogen (secondary N) is 2. The summed E-state index contributed by atoms with van der Waals surface area (Å²) in [6.45, 7) is 6.93. The lowest BCUT2D eigenvalue weighted by atomic mass is 9.94. The number of fused-ring (bicyclic) bond motifs is 4. The first kappa shape index (κ1) is 18.0. The molecule has 4 heterocycles. The van der Waals surface area contributed by atoms with Crippen LogP contribution in [0.4, 0.5) is 0 Å². The minimum absolute atomic E-state index is 0.0926. The van der Waals surface area contributed by atoms with Gasteiger partial charge in [-0.15, -0.1) is 0 Å². The maximum atomic E-state index is 13.2. The fourth-order valence-corrected chi connectivity index (χ4v) is 4.99. The fourth-order valence-electron chi connectivity index (χ4n) is 4.99. The summed E-state index contributed by atoms with van der Waals surface area (Å²) in [6, 6.07) is 11.5. The summed E-state index contributed by atoms with van der Waals surface area (Å²) < 4.78 is 0. The average Bonchev–Trinajstić information content (AvgIpc) is 2.93. The lowest BCUT2D eigenvalue weighted by Gasteiger charge is -2.36. The van der Waals surface area contributed by atoms with E-state index in [0.717, 1.165) is 45.6 Å². The van der Waals surface area contributed by atoms with Gasteiger partial charge in [-0.05, 0) is 30.7 Å². The molecule has 1 amide bonds. The lowest BCUT2D eigenvalue weighted by Crippen LogP contribution is -2.46. The van der Waals surface area contributed by atoms with E-state index in [9.17, 15) is 4.79 Å². The van der Waals surface area contributed by atoms with Crippen LogP contribution in [-0.2, 0) is 11.3 Å². The third-order valence-electron chi connectivity index (χ3n) is 6.38. The third kappa shape index (κ3) is 3.80. The number of hydrogen-bond donors (Lipinski definition) is 2. The van der Waals surface area contributed by atoms with Crippen LogP contribution in [0.15, 0.2) is 30.3 Å². The molecular weight excluding hydrogens is 324 g/mol. The molecule has 4 aliphatic heterocycles. The third-order valence-corrected chi connectivity index (χ3v) is 6.38. The van der Waals surface area contributed by atoms with Gasteiger partial charge in [0.1, 0.15) is 0 Å². The summed E-state index contributed by atoms with van der Waals surface area (Å²) in [5, 5.41) is 0. The van der Waals surface area contributed by atoms with Gasteiger partial charge in [-0.1, -0.05) is 43.7 Å². The van der Waals surface area contributed by atoms with Crippen molar-refractivity contribution in [3.05, 3.63) is 35.9 Å². The molecule has 1 aromatic carbocycles. The van der Waals surface area contributed by atoms with E-state index in [1.807, 2.05) is 0 Å². The highest BCUT2D eigenvalue weighted by Gasteiger charge is 2.40. The Bertz CT molecular complexity index is 607. The second kappa shape index (κ2) is 8.07. The van der Waals surface area contributed by atoms with E-state index in [1.165, 1.54) is 18.4 Å². The minimum atomic E-state index is 0.0926. The van der Waals surface area contributed by atoms with Crippen LogP contribution in [0.2, 0.25) is 0 Å². The number of nitrogens with zero attached hydrogens (tertiary/aromatic N) is 2. The quantitative estimate of drug-likeness (QED) is 0.847. The number of hydrazine groups is 1. The van der Waals surface area contributed by atoms with E-state index >= 15 is 0 Å². The van der Waals surface area contributed by atoms with Crippen molar-refractivity contribution < 1.29 is 4.79 Å². The van der Waals surface area contributed by atoms with Crippen molar-refractivity contribution in [1.29, 1.82) is 0 Å². The Morgan fingerprint density at radius 2 is 2.00 bits per heavy atom. The highest BCUT2D eigenvalue weighted by molar-refractivity contribution is 5.80. The number of rotatable bonds is 5. The Labute approximate surface area is 157 Å². The second-order valence-corrected chi connectivity index (χ2v) is 8.28. The van der Waals surface area contributed by atoms with Gasteiger partial charge < -0.3 is 4.90 Å². The zero-order valence-electron chi connectivity index (χ0n) is 15.9. The van der Waals surface area contributed by atoms with Crippen LogP contribution in [-0.4, -0.2) is 54.0 Å². The SMILES string of the molecule is CCCC1NNCC1C(=O)N1C[C@H]2CC[C@@H](C1)N(Cc1ccccc1)C2. The molecule has 4 atom stereocenters. The molecule has 0 aromatic heterocycles. The molecule has 2 bridgehead atoms. The number of piperidine rings is 1. The summed E-state index contributed by atoms with van der Waals surface area (Å²) >= 11 is 0. The molecule has 4 saturated heterocycles. The molecule has 2 N–H and O–H groups in total. The number of carbonyl (C=O) groups excluding carboxylic acids is 1. The van der Waals surface area contributed by atoms with Crippen molar-refractivity contribution in [3.8, 4) is 0 Å². The van der Waals surface area contributed by atoms with E-state index in [-0.39, 0.29) is 12.0 Å². The monoisotopic (exact) mass is 356 g/mol. The highest BCUT2D eigenvalue weighted by atomic mass is 16.2. The standard InChI is InChI=1S/C21H32N4O/c1-2-6-20-19(11-22-23-20)21(26)25-14-17-9-10-18(15-25)24(13-17)12-16-7-4-3-5-8-16/h3-5,7-8,17-20,22-23H,2,6,9-15H2,1H3/t17-,18-,19?,20?/m0/s1. The average molecular weight is 357 g/mol. The van der Waals surface area contributed by atoms with Crippen molar-refractivity contribution in [2.24, 2.45) is 11.8 Å². The van der Waals surface area contributed by atoms with Crippen molar-refractivity contribution in [2.75, 3.05) is 26.2 Å². The van der Waals surface area contributed by atoms with Gasteiger partial charge in [-0.25, -0.2) is 0 Å². The Kier molecular flexibility index (Phi) is 5.57. The van der Waals surface area contributed by atoms with Crippen LogP contribution >= 0.6 is 0 Å². The van der Waals surface area contributed by atoms with E-state index in [1.54, 1.807) is 0 Å². The van der Waals surface area contributed by atoms with Gasteiger partial charge >= 0.3 is 0 Å².